The van der Waals surface area contributed by atoms with Gasteiger partial charge in [0.2, 0.25) is 0 Å². The Labute approximate surface area is 88.9 Å². The van der Waals surface area contributed by atoms with Gasteiger partial charge >= 0.3 is 0 Å². The second-order valence-electron chi connectivity index (χ2n) is 3.14. The van der Waals surface area contributed by atoms with Gasteiger partial charge in [-0.25, -0.2) is 0 Å². The van der Waals surface area contributed by atoms with Crippen LogP contribution >= 0.6 is 27.3 Å². The van der Waals surface area contributed by atoms with Crippen molar-refractivity contribution in [2.75, 3.05) is 5.32 Å². The van der Waals surface area contributed by atoms with Crippen molar-refractivity contribution in [2.45, 2.75) is 19.4 Å². The van der Waals surface area contributed by atoms with E-state index in [1.807, 2.05) is 5.38 Å². The molecule has 2 N–H and O–H groups in total. The summed E-state index contributed by atoms with van der Waals surface area (Å²) in [6, 6.07) is 1.79. The van der Waals surface area contributed by atoms with Crippen molar-refractivity contribution >= 4 is 38.2 Å². The van der Waals surface area contributed by atoms with Crippen LogP contribution in [-0.2, 0) is 4.79 Å². The van der Waals surface area contributed by atoms with Gasteiger partial charge in [-0.15, -0.1) is 11.3 Å². The number of aliphatic hydroxyl groups is 1. The van der Waals surface area contributed by atoms with E-state index in [2.05, 4.69) is 21.2 Å². The third-order valence-electron chi connectivity index (χ3n) is 1.36. The molecular weight excluding hydrogens is 254 g/mol. The fourth-order valence-corrected chi connectivity index (χ4v) is 1.96. The van der Waals surface area contributed by atoms with Crippen LogP contribution < -0.4 is 5.32 Å². The number of amides is 1. The van der Waals surface area contributed by atoms with Gasteiger partial charge in [-0.1, -0.05) is 0 Å². The Morgan fingerprint density at radius 2 is 2.31 bits per heavy atom. The van der Waals surface area contributed by atoms with E-state index >= 15 is 0 Å². The van der Waals surface area contributed by atoms with Crippen LogP contribution in [0.1, 0.15) is 13.8 Å². The highest BCUT2D eigenvalue weighted by molar-refractivity contribution is 9.10. The number of thiophene rings is 1. The minimum absolute atomic E-state index is 0.401. The summed E-state index contributed by atoms with van der Waals surface area (Å²) >= 11 is 4.67. The van der Waals surface area contributed by atoms with Gasteiger partial charge in [0.25, 0.3) is 5.91 Å². The molecule has 1 amide bonds. The first-order chi connectivity index (χ1) is 5.89. The lowest BCUT2D eigenvalue weighted by atomic mass is 10.1. The zero-order valence-electron chi connectivity index (χ0n) is 7.30. The van der Waals surface area contributed by atoms with E-state index in [-0.39, 0.29) is 0 Å². The molecule has 0 radical (unpaired) electrons. The number of carbonyl (C=O) groups is 1. The first-order valence-electron chi connectivity index (χ1n) is 3.67. The van der Waals surface area contributed by atoms with Crippen LogP contribution in [0.15, 0.2) is 15.9 Å². The molecule has 0 spiro atoms. The molecular formula is C8H10BrNO2S. The first-order valence-corrected chi connectivity index (χ1v) is 5.35. The van der Waals surface area contributed by atoms with E-state index in [1.54, 1.807) is 6.07 Å². The minimum atomic E-state index is -1.34. The van der Waals surface area contributed by atoms with Gasteiger partial charge in [-0.3, -0.25) is 4.79 Å². The van der Waals surface area contributed by atoms with Crippen molar-refractivity contribution in [3.8, 4) is 0 Å². The van der Waals surface area contributed by atoms with Crippen LogP contribution in [0, 0.1) is 0 Å². The lowest BCUT2D eigenvalue weighted by Crippen LogP contribution is -2.36. The van der Waals surface area contributed by atoms with Gasteiger partial charge in [0, 0.05) is 9.85 Å². The lowest BCUT2D eigenvalue weighted by molar-refractivity contribution is -0.130. The van der Waals surface area contributed by atoms with Crippen LogP contribution in [-0.4, -0.2) is 16.6 Å². The second kappa shape index (κ2) is 3.77. The summed E-state index contributed by atoms with van der Waals surface area (Å²) in [7, 11) is 0. The van der Waals surface area contributed by atoms with E-state index in [9.17, 15) is 9.90 Å². The molecule has 13 heavy (non-hydrogen) atoms. The van der Waals surface area contributed by atoms with E-state index in [0.29, 0.717) is 0 Å². The highest BCUT2D eigenvalue weighted by atomic mass is 79.9. The van der Waals surface area contributed by atoms with Crippen molar-refractivity contribution < 1.29 is 9.90 Å². The molecule has 1 heterocycles. The predicted molar refractivity (Wildman–Crippen MR) is 56.9 cm³/mol. The molecule has 72 valence electrons. The average molecular weight is 264 g/mol. The summed E-state index contributed by atoms with van der Waals surface area (Å²) in [6.07, 6.45) is 0. The number of halogens is 1. The molecule has 0 saturated heterocycles. The summed E-state index contributed by atoms with van der Waals surface area (Å²) in [5.74, 6) is -0.401. The molecule has 0 aliphatic heterocycles. The summed E-state index contributed by atoms with van der Waals surface area (Å²) in [4.78, 5) is 11.3. The molecule has 0 aliphatic rings. The van der Waals surface area contributed by atoms with Crippen molar-refractivity contribution in [1.82, 2.24) is 0 Å². The van der Waals surface area contributed by atoms with Gasteiger partial charge in [0.05, 0.1) is 5.00 Å². The first kappa shape index (κ1) is 10.7. The average Bonchev–Trinajstić information content (AvgIpc) is 2.33. The molecule has 0 atom stereocenters. The maximum Gasteiger partial charge on any atom is 0.256 e. The maximum atomic E-state index is 11.3. The van der Waals surface area contributed by atoms with E-state index in [0.717, 1.165) is 9.47 Å². The molecule has 0 aliphatic carbocycles. The fraction of sp³-hybridized carbons (Fsp3) is 0.375. The van der Waals surface area contributed by atoms with Crippen LogP contribution in [0.25, 0.3) is 0 Å². The SMILES string of the molecule is CC(C)(O)C(=O)Nc1cc(Br)cs1. The third kappa shape index (κ3) is 3.10. The highest BCUT2D eigenvalue weighted by Crippen LogP contribution is 2.25. The summed E-state index contributed by atoms with van der Waals surface area (Å²) in [6.45, 7) is 2.90. The maximum absolute atomic E-state index is 11.3. The molecule has 1 aromatic heterocycles. The Morgan fingerprint density at radius 3 is 2.69 bits per heavy atom. The van der Waals surface area contributed by atoms with Gasteiger partial charge in [-0.05, 0) is 35.8 Å². The molecule has 0 fully saturated rings. The van der Waals surface area contributed by atoms with E-state index in [1.165, 1.54) is 25.2 Å². The monoisotopic (exact) mass is 263 g/mol. The van der Waals surface area contributed by atoms with Crippen LogP contribution in [0.4, 0.5) is 5.00 Å². The number of hydrogen-bond acceptors (Lipinski definition) is 3. The number of hydrogen-bond donors (Lipinski definition) is 2. The Morgan fingerprint density at radius 1 is 1.69 bits per heavy atom. The Kier molecular flexibility index (Phi) is 3.10. The molecule has 5 heteroatoms. The molecule has 0 saturated carbocycles. The summed E-state index contributed by atoms with van der Waals surface area (Å²) in [5.41, 5.74) is -1.34. The van der Waals surface area contributed by atoms with Gasteiger partial charge in [-0.2, -0.15) is 0 Å². The minimum Gasteiger partial charge on any atom is -0.381 e. The number of carbonyl (C=O) groups excluding carboxylic acids is 1. The van der Waals surface area contributed by atoms with Crippen LogP contribution in [0.5, 0.6) is 0 Å². The fourth-order valence-electron chi connectivity index (χ4n) is 0.643. The molecule has 1 aromatic rings. The third-order valence-corrected chi connectivity index (χ3v) is 2.97. The highest BCUT2D eigenvalue weighted by Gasteiger charge is 2.23. The lowest BCUT2D eigenvalue weighted by Gasteiger charge is -2.15. The van der Waals surface area contributed by atoms with Crippen molar-refractivity contribution in [2.24, 2.45) is 0 Å². The molecule has 3 nitrogen and oxygen atoms in total. The topological polar surface area (TPSA) is 49.3 Å². The van der Waals surface area contributed by atoms with Crippen molar-refractivity contribution in [3.05, 3.63) is 15.9 Å². The standard InChI is InChI=1S/C8H10BrNO2S/c1-8(2,12)7(11)10-6-3-5(9)4-13-6/h3-4,12H,1-2H3,(H,10,11). The number of anilines is 1. The van der Waals surface area contributed by atoms with E-state index in [4.69, 9.17) is 0 Å². The van der Waals surface area contributed by atoms with Gasteiger partial charge in [0.15, 0.2) is 0 Å². The van der Waals surface area contributed by atoms with Crippen molar-refractivity contribution in [1.29, 1.82) is 0 Å². The van der Waals surface area contributed by atoms with E-state index < -0.39 is 11.5 Å². The zero-order valence-corrected chi connectivity index (χ0v) is 9.70. The molecule has 0 unspecified atom stereocenters. The Balaban J connectivity index is 2.65. The van der Waals surface area contributed by atoms with Crippen LogP contribution in [0.3, 0.4) is 0 Å². The smallest absolute Gasteiger partial charge is 0.256 e. The molecule has 0 aromatic carbocycles. The normalized spacial score (nSPS) is 11.4. The van der Waals surface area contributed by atoms with Gasteiger partial charge in [0.1, 0.15) is 5.60 Å². The number of rotatable bonds is 2. The summed E-state index contributed by atoms with van der Waals surface area (Å²) < 4.78 is 0.920. The largest absolute Gasteiger partial charge is 0.381 e. The predicted octanol–water partition coefficient (Wildman–Crippen LogP) is 2.22. The Bertz CT molecular complexity index is 316. The van der Waals surface area contributed by atoms with Gasteiger partial charge < -0.3 is 10.4 Å². The molecule has 0 bridgehead atoms. The zero-order chi connectivity index (χ0) is 10.1. The Hall–Kier alpha value is -0.390. The van der Waals surface area contributed by atoms with Crippen LogP contribution in [0.2, 0.25) is 0 Å². The quantitative estimate of drug-likeness (QED) is 0.860. The molecule has 1 rings (SSSR count). The summed E-state index contributed by atoms with van der Waals surface area (Å²) in [5, 5.41) is 14.5. The second-order valence-corrected chi connectivity index (χ2v) is 4.97. The number of nitrogens with one attached hydrogen (secondary N) is 1. The van der Waals surface area contributed by atoms with Crippen molar-refractivity contribution in [3.63, 3.8) is 0 Å².